The minimum absolute atomic E-state index is 0.220. The second-order valence-corrected chi connectivity index (χ2v) is 5.45. The first-order valence-corrected chi connectivity index (χ1v) is 6.80. The van der Waals surface area contributed by atoms with Crippen molar-refractivity contribution in [1.29, 1.82) is 0 Å². The van der Waals surface area contributed by atoms with Crippen molar-refractivity contribution in [2.45, 2.75) is 38.5 Å². The molecule has 0 spiro atoms. The predicted octanol–water partition coefficient (Wildman–Crippen LogP) is 2.47. The van der Waals surface area contributed by atoms with Crippen molar-refractivity contribution in [2.24, 2.45) is 0 Å². The minimum atomic E-state index is -0.406. The van der Waals surface area contributed by atoms with Crippen LogP contribution in [0.4, 0.5) is 0 Å². The van der Waals surface area contributed by atoms with Gasteiger partial charge in [-0.05, 0) is 18.4 Å². The highest BCUT2D eigenvalue weighted by Crippen LogP contribution is 2.33. The van der Waals surface area contributed by atoms with Crippen LogP contribution in [0.1, 0.15) is 49.8 Å². The lowest BCUT2D eigenvalue weighted by Gasteiger charge is -2.18. The fourth-order valence-electron chi connectivity index (χ4n) is 2.66. The zero-order valence-corrected chi connectivity index (χ0v) is 11.5. The standard InChI is InChI=1S/C15H16N2O3/c1-8(2)9-4-3-5-10-13(17-20-14(9)10)11-6-7-12(18)16-15(11)19/h3-5,8,11H,6-7H2,1-2H3,(H,16,18,19). The molecule has 20 heavy (non-hydrogen) atoms. The van der Waals surface area contributed by atoms with Crippen LogP contribution >= 0.6 is 0 Å². The van der Waals surface area contributed by atoms with E-state index in [1.165, 1.54) is 0 Å². The number of rotatable bonds is 2. The summed E-state index contributed by atoms with van der Waals surface area (Å²) in [6, 6.07) is 5.87. The molecule has 5 heteroatoms. The number of hydrogen-bond acceptors (Lipinski definition) is 4. The van der Waals surface area contributed by atoms with Gasteiger partial charge < -0.3 is 4.52 Å². The SMILES string of the molecule is CC(C)c1cccc2c(C3CCC(=O)NC3=O)noc12. The highest BCUT2D eigenvalue weighted by molar-refractivity contribution is 6.02. The quantitative estimate of drug-likeness (QED) is 0.852. The number of nitrogens with one attached hydrogen (secondary N) is 1. The lowest BCUT2D eigenvalue weighted by Crippen LogP contribution is -2.39. The highest BCUT2D eigenvalue weighted by atomic mass is 16.5. The van der Waals surface area contributed by atoms with E-state index in [1.807, 2.05) is 18.2 Å². The number of carbonyl (C=O) groups is 2. The van der Waals surface area contributed by atoms with E-state index in [0.29, 0.717) is 24.5 Å². The largest absolute Gasteiger partial charge is 0.356 e. The summed E-state index contributed by atoms with van der Waals surface area (Å²) in [5, 5.41) is 7.32. The zero-order chi connectivity index (χ0) is 14.3. The Morgan fingerprint density at radius 1 is 1.35 bits per heavy atom. The van der Waals surface area contributed by atoms with Gasteiger partial charge >= 0.3 is 0 Å². The van der Waals surface area contributed by atoms with E-state index in [1.54, 1.807) is 0 Å². The van der Waals surface area contributed by atoms with Gasteiger partial charge in [0, 0.05) is 17.4 Å². The summed E-state index contributed by atoms with van der Waals surface area (Å²) in [4.78, 5) is 23.2. The first-order chi connectivity index (χ1) is 9.58. The molecular weight excluding hydrogens is 256 g/mol. The van der Waals surface area contributed by atoms with E-state index >= 15 is 0 Å². The molecule has 2 heterocycles. The van der Waals surface area contributed by atoms with Crippen LogP contribution < -0.4 is 5.32 Å². The van der Waals surface area contributed by atoms with Crippen LogP contribution in [0.15, 0.2) is 22.7 Å². The Bertz CT molecular complexity index is 687. The Kier molecular flexibility index (Phi) is 3.04. The third kappa shape index (κ3) is 1.99. The van der Waals surface area contributed by atoms with E-state index < -0.39 is 5.92 Å². The molecule has 0 bridgehead atoms. The third-order valence-electron chi connectivity index (χ3n) is 3.75. The first kappa shape index (κ1) is 12.8. The lowest BCUT2D eigenvalue weighted by molar-refractivity contribution is -0.134. The summed E-state index contributed by atoms with van der Waals surface area (Å²) in [5.74, 6) is -0.592. The molecule has 1 fully saturated rings. The maximum absolute atomic E-state index is 12.0. The van der Waals surface area contributed by atoms with E-state index in [9.17, 15) is 9.59 Å². The number of fused-ring (bicyclic) bond motifs is 1. The summed E-state index contributed by atoms with van der Waals surface area (Å²) in [6.45, 7) is 4.17. The number of imide groups is 1. The van der Waals surface area contributed by atoms with Gasteiger partial charge in [-0.2, -0.15) is 0 Å². The Hall–Kier alpha value is -2.17. The predicted molar refractivity (Wildman–Crippen MR) is 73.2 cm³/mol. The summed E-state index contributed by atoms with van der Waals surface area (Å²) in [5.41, 5.74) is 2.45. The van der Waals surface area contributed by atoms with Crippen LogP contribution in [-0.4, -0.2) is 17.0 Å². The maximum Gasteiger partial charge on any atom is 0.235 e. The summed E-state index contributed by atoms with van der Waals surface area (Å²) in [7, 11) is 0. The molecule has 2 aromatic rings. The average Bonchev–Trinajstić information content (AvgIpc) is 2.82. The van der Waals surface area contributed by atoms with Crippen molar-refractivity contribution in [3.05, 3.63) is 29.5 Å². The van der Waals surface area contributed by atoms with Gasteiger partial charge in [0.1, 0.15) is 5.69 Å². The zero-order valence-electron chi connectivity index (χ0n) is 11.5. The molecule has 0 aliphatic carbocycles. The number of aromatic nitrogens is 1. The fourth-order valence-corrected chi connectivity index (χ4v) is 2.66. The molecular formula is C15H16N2O3. The van der Waals surface area contributed by atoms with Gasteiger partial charge in [-0.25, -0.2) is 0 Å². The van der Waals surface area contributed by atoms with Gasteiger partial charge in [-0.1, -0.05) is 31.1 Å². The molecule has 1 N–H and O–H groups in total. The summed E-state index contributed by atoms with van der Waals surface area (Å²) >= 11 is 0. The Morgan fingerprint density at radius 3 is 2.85 bits per heavy atom. The lowest BCUT2D eigenvalue weighted by atomic mass is 9.91. The van der Waals surface area contributed by atoms with Crippen LogP contribution in [0.25, 0.3) is 11.0 Å². The van der Waals surface area contributed by atoms with Crippen LogP contribution in [0.2, 0.25) is 0 Å². The molecule has 1 aromatic carbocycles. The smallest absolute Gasteiger partial charge is 0.235 e. The van der Waals surface area contributed by atoms with E-state index in [-0.39, 0.29) is 11.8 Å². The Balaban J connectivity index is 2.07. The average molecular weight is 272 g/mol. The molecule has 1 unspecified atom stereocenters. The van der Waals surface area contributed by atoms with Gasteiger partial charge in [-0.15, -0.1) is 0 Å². The molecule has 1 aliphatic rings. The third-order valence-corrected chi connectivity index (χ3v) is 3.75. The molecule has 5 nitrogen and oxygen atoms in total. The number of benzene rings is 1. The summed E-state index contributed by atoms with van der Waals surface area (Å²) in [6.07, 6.45) is 0.826. The number of hydrogen-bond donors (Lipinski definition) is 1. The maximum atomic E-state index is 12.0. The van der Waals surface area contributed by atoms with Gasteiger partial charge in [0.15, 0.2) is 5.58 Å². The number of carbonyl (C=O) groups excluding carboxylic acids is 2. The van der Waals surface area contributed by atoms with E-state index in [0.717, 1.165) is 16.5 Å². The molecule has 1 atom stereocenters. The molecule has 1 saturated heterocycles. The number of piperidine rings is 1. The van der Waals surface area contributed by atoms with Crippen LogP contribution in [-0.2, 0) is 9.59 Å². The first-order valence-electron chi connectivity index (χ1n) is 6.80. The van der Waals surface area contributed by atoms with Crippen molar-refractivity contribution in [1.82, 2.24) is 10.5 Å². The van der Waals surface area contributed by atoms with Crippen LogP contribution in [0.5, 0.6) is 0 Å². The highest BCUT2D eigenvalue weighted by Gasteiger charge is 2.32. The minimum Gasteiger partial charge on any atom is -0.356 e. The second-order valence-electron chi connectivity index (χ2n) is 5.45. The van der Waals surface area contributed by atoms with Crippen LogP contribution in [0.3, 0.4) is 0 Å². The molecule has 2 amide bonds. The van der Waals surface area contributed by atoms with Crippen molar-refractivity contribution in [2.75, 3.05) is 0 Å². The van der Waals surface area contributed by atoms with Gasteiger partial charge in [-0.3, -0.25) is 14.9 Å². The van der Waals surface area contributed by atoms with Crippen LogP contribution in [0, 0.1) is 0 Å². The van der Waals surface area contributed by atoms with E-state index in [4.69, 9.17) is 4.52 Å². The Morgan fingerprint density at radius 2 is 2.15 bits per heavy atom. The molecule has 0 saturated carbocycles. The summed E-state index contributed by atoms with van der Waals surface area (Å²) < 4.78 is 5.45. The van der Waals surface area contributed by atoms with Crippen molar-refractivity contribution < 1.29 is 14.1 Å². The van der Waals surface area contributed by atoms with Crippen molar-refractivity contribution in [3.8, 4) is 0 Å². The van der Waals surface area contributed by atoms with Crippen molar-refractivity contribution in [3.63, 3.8) is 0 Å². The van der Waals surface area contributed by atoms with Gasteiger partial charge in [0.25, 0.3) is 0 Å². The normalized spacial score (nSPS) is 19.6. The molecule has 104 valence electrons. The monoisotopic (exact) mass is 272 g/mol. The number of amides is 2. The van der Waals surface area contributed by atoms with Gasteiger partial charge in [0.2, 0.25) is 11.8 Å². The molecule has 3 rings (SSSR count). The molecule has 0 radical (unpaired) electrons. The van der Waals surface area contributed by atoms with Gasteiger partial charge in [0.05, 0.1) is 5.92 Å². The Labute approximate surface area is 116 Å². The topological polar surface area (TPSA) is 72.2 Å². The number of nitrogens with zero attached hydrogens (tertiary/aromatic N) is 1. The van der Waals surface area contributed by atoms with E-state index in [2.05, 4.69) is 24.3 Å². The molecule has 1 aromatic heterocycles. The second kappa shape index (κ2) is 4.74. The fraction of sp³-hybridized carbons (Fsp3) is 0.400. The van der Waals surface area contributed by atoms with Crippen molar-refractivity contribution >= 4 is 22.8 Å². The number of para-hydroxylation sites is 1. The molecule has 1 aliphatic heterocycles.